The molecule has 0 saturated carbocycles. The van der Waals surface area contributed by atoms with E-state index in [2.05, 4.69) is 15.5 Å². The Morgan fingerprint density at radius 2 is 1.96 bits per heavy atom. The number of halogens is 3. The van der Waals surface area contributed by atoms with Crippen molar-refractivity contribution in [1.82, 2.24) is 15.1 Å². The van der Waals surface area contributed by atoms with Crippen molar-refractivity contribution >= 4 is 22.5 Å². The van der Waals surface area contributed by atoms with E-state index < -0.39 is 17.2 Å². The van der Waals surface area contributed by atoms with Crippen LogP contribution in [0.2, 0.25) is 0 Å². The minimum Gasteiger partial charge on any atom is -0.508 e. The number of hydrogen-bond acceptors (Lipinski definition) is 6. The van der Waals surface area contributed by atoms with Crippen LogP contribution in [0.5, 0.6) is 5.75 Å². The third-order valence-electron chi connectivity index (χ3n) is 3.45. The number of phenols is 1. The minimum absolute atomic E-state index is 0.00411. The average molecular weight is 398 g/mol. The van der Waals surface area contributed by atoms with Crippen LogP contribution in [0.25, 0.3) is 0 Å². The summed E-state index contributed by atoms with van der Waals surface area (Å²) < 4.78 is 43.1. The maximum atomic E-state index is 12.6. The summed E-state index contributed by atoms with van der Waals surface area (Å²) in [5.74, 6) is 0.457. The number of aromatic hydroxyl groups is 1. The SMILES string of the molecule is O=C(Nc1nnc(C(F)(F)F)s1)N(Cc1ccco1)Cc1ccccc1O. The number of aromatic nitrogens is 2. The van der Waals surface area contributed by atoms with Gasteiger partial charge < -0.3 is 14.4 Å². The molecule has 7 nitrogen and oxygen atoms in total. The van der Waals surface area contributed by atoms with Crippen LogP contribution in [-0.2, 0) is 19.3 Å². The number of urea groups is 1. The topological polar surface area (TPSA) is 91.5 Å². The summed E-state index contributed by atoms with van der Waals surface area (Å²) in [6.45, 7) is 0.0439. The number of phenolic OH excluding ortho intramolecular Hbond substituents is 1. The Hall–Kier alpha value is -3.08. The number of anilines is 1. The molecule has 27 heavy (non-hydrogen) atoms. The van der Waals surface area contributed by atoms with Crippen molar-refractivity contribution in [2.45, 2.75) is 19.3 Å². The van der Waals surface area contributed by atoms with Gasteiger partial charge in [-0.1, -0.05) is 29.5 Å². The normalized spacial score (nSPS) is 11.4. The highest BCUT2D eigenvalue weighted by molar-refractivity contribution is 7.15. The first kappa shape index (κ1) is 18.7. The highest BCUT2D eigenvalue weighted by Crippen LogP contribution is 2.33. The van der Waals surface area contributed by atoms with Gasteiger partial charge in [-0.15, -0.1) is 10.2 Å². The Morgan fingerprint density at radius 3 is 2.59 bits per heavy atom. The lowest BCUT2D eigenvalue weighted by atomic mass is 10.2. The molecule has 2 N–H and O–H groups in total. The third-order valence-corrected chi connectivity index (χ3v) is 4.33. The van der Waals surface area contributed by atoms with E-state index >= 15 is 0 Å². The molecule has 142 valence electrons. The van der Waals surface area contributed by atoms with Crippen LogP contribution in [-0.4, -0.2) is 26.2 Å². The molecule has 3 aromatic rings. The van der Waals surface area contributed by atoms with Gasteiger partial charge in [-0.25, -0.2) is 4.79 Å². The second kappa shape index (κ2) is 7.66. The van der Waals surface area contributed by atoms with E-state index in [9.17, 15) is 23.1 Å². The predicted molar refractivity (Wildman–Crippen MR) is 90.0 cm³/mol. The minimum atomic E-state index is -4.63. The number of benzene rings is 1. The standard InChI is InChI=1S/C16H13F3N4O3S/c17-16(18,19)13-21-22-14(27-13)20-15(25)23(9-11-5-3-7-26-11)8-10-4-1-2-6-12(10)24/h1-7,24H,8-9H2,(H,20,22,25). The summed E-state index contributed by atoms with van der Waals surface area (Å²) in [6, 6.07) is 9.01. The van der Waals surface area contributed by atoms with E-state index in [0.717, 1.165) is 0 Å². The number of amides is 2. The van der Waals surface area contributed by atoms with Crippen LogP contribution < -0.4 is 5.32 Å². The number of nitrogens with zero attached hydrogens (tertiary/aromatic N) is 3. The van der Waals surface area contributed by atoms with Crippen LogP contribution in [0, 0.1) is 0 Å². The molecule has 0 aliphatic carbocycles. The molecule has 2 heterocycles. The van der Waals surface area contributed by atoms with Crippen LogP contribution in [0.15, 0.2) is 47.1 Å². The number of carbonyl (C=O) groups excluding carboxylic acids is 1. The van der Waals surface area contributed by atoms with Gasteiger partial charge in [0.1, 0.15) is 11.5 Å². The van der Waals surface area contributed by atoms with Crippen molar-refractivity contribution in [3.63, 3.8) is 0 Å². The molecule has 2 amide bonds. The van der Waals surface area contributed by atoms with Crippen molar-refractivity contribution in [3.05, 3.63) is 59.0 Å². The monoisotopic (exact) mass is 398 g/mol. The molecule has 0 aliphatic rings. The van der Waals surface area contributed by atoms with E-state index in [1.54, 1.807) is 30.3 Å². The largest absolute Gasteiger partial charge is 0.508 e. The van der Waals surface area contributed by atoms with E-state index in [0.29, 0.717) is 11.3 Å². The number of furan rings is 1. The Bertz CT molecular complexity index is 912. The number of para-hydroxylation sites is 1. The number of nitrogens with one attached hydrogen (secondary N) is 1. The van der Waals surface area contributed by atoms with Gasteiger partial charge in [0.2, 0.25) is 10.1 Å². The summed E-state index contributed by atoms with van der Waals surface area (Å²) in [5, 5.41) is 17.1. The molecule has 1 aromatic carbocycles. The van der Waals surface area contributed by atoms with E-state index in [1.165, 1.54) is 17.2 Å². The molecule has 0 spiro atoms. The van der Waals surface area contributed by atoms with Crippen molar-refractivity contribution in [2.75, 3.05) is 5.32 Å². The lowest BCUT2D eigenvalue weighted by Gasteiger charge is -2.22. The Morgan fingerprint density at radius 1 is 1.19 bits per heavy atom. The second-order valence-corrected chi connectivity index (χ2v) is 6.38. The fourth-order valence-corrected chi connectivity index (χ4v) is 2.80. The molecule has 0 fully saturated rings. The molecule has 2 aromatic heterocycles. The first-order chi connectivity index (χ1) is 12.8. The maximum absolute atomic E-state index is 12.6. The molecule has 0 saturated heterocycles. The summed E-state index contributed by atoms with van der Waals surface area (Å²) in [5.41, 5.74) is 0.465. The van der Waals surface area contributed by atoms with Gasteiger partial charge in [-0.05, 0) is 18.2 Å². The number of hydrogen-bond donors (Lipinski definition) is 2. The van der Waals surface area contributed by atoms with Crippen LogP contribution in [0.1, 0.15) is 16.3 Å². The molecule has 11 heteroatoms. The maximum Gasteiger partial charge on any atom is 0.445 e. The van der Waals surface area contributed by atoms with Crippen molar-refractivity contribution < 1.29 is 27.5 Å². The van der Waals surface area contributed by atoms with Crippen LogP contribution >= 0.6 is 11.3 Å². The van der Waals surface area contributed by atoms with Crippen LogP contribution in [0.4, 0.5) is 23.1 Å². The molecule has 0 unspecified atom stereocenters. The Labute approximate surface area is 155 Å². The van der Waals surface area contributed by atoms with Gasteiger partial charge in [-0.3, -0.25) is 5.32 Å². The first-order valence-corrected chi connectivity index (χ1v) is 8.40. The van der Waals surface area contributed by atoms with Gasteiger partial charge in [-0.2, -0.15) is 13.2 Å². The van der Waals surface area contributed by atoms with Crippen molar-refractivity contribution in [2.24, 2.45) is 0 Å². The average Bonchev–Trinajstić information content (AvgIpc) is 3.27. The molecule has 0 bridgehead atoms. The van der Waals surface area contributed by atoms with E-state index in [-0.39, 0.29) is 35.3 Å². The van der Waals surface area contributed by atoms with Gasteiger partial charge in [0, 0.05) is 5.56 Å². The Kier molecular flexibility index (Phi) is 5.31. The van der Waals surface area contributed by atoms with Crippen molar-refractivity contribution in [1.29, 1.82) is 0 Å². The highest BCUT2D eigenvalue weighted by atomic mass is 32.1. The second-order valence-electron chi connectivity index (χ2n) is 5.40. The lowest BCUT2D eigenvalue weighted by molar-refractivity contribution is -0.138. The number of carbonyl (C=O) groups is 1. The fraction of sp³-hybridized carbons (Fsp3) is 0.188. The van der Waals surface area contributed by atoms with Crippen LogP contribution in [0.3, 0.4) is 0 Å². The summed E-state index contributed by atoms with van der Waals surface area (Å²) >= 11 is 0.224. The summed E-state index contributed by atoms with van der Waals surface area (Å²) in [6.07, 6.45) is -3.20. The van der Waals surface area contributed by atoms with Gasteiger partial charge in [0.05, 0.1) is 19.4 Å². The molecule has 3 rings (SSSR count). The molecule has 0 atom stereocenters. The number of alkyl halides is 3. The quantitative estimate of drug-likeness (QED) is 0.676. The van der Waals surface area contributed by atoms with Gasteiger partial charge in [0.15, 0.2) is 0 Å². The fourth-order valence-electron chi connectivity index (χ4n) is 2.20. The van der Waals surface area contributed by atoms with Gasteiger partial charge in [0.25, 0.3) is 0 Å². The zero-order valence-corrected chi connectivity index (χ0v) is 14.4. The molecule has 0 aliphatic heterocycles. The van der Waals surface area contributed by atoms with E-state index in [1.807, 2.05) is 0 Å². The predicted octanol–water partition coefficient (Wildman–Crippen LogP) is 4.09. The smallest absolute Gasteiger partial charge is 0.445 e. The summed E-state index contributed by atoms with van der Waals surface area (Å²) in [7, 11) is 0. The molecule has 0 radical (unpaired) electrons. The zero-order valence-electron chi connectivity index (χ0n) is 13.6. The number of rotatable bonds is 5. The van der Waals surface area contributed by atoms with Crippen molar-refractivity contribution in [3.8, 4) is 5.75 Å². The first-order valence-electron chi connectivity index (χ1n) is 7.59. The molecular formula is C16H13F3N4O3S. The zero-order chi connectivity index (χ0) is 19.4. The molecular weight excluding hydrogens is 385 g/mol. The lowest BCUT2D eigenvalue weighted by Crippen LogP contribution is -2.34. The Balaban J connectivity index is 1.78. The third kappa shape index (κ3) is 4.76. The van der Waals surface area contributed by atoms with E-state index in [4.69, 9.17) is 4.42 Å². The summed E-state index contributed by atoms with van der Waals surface area (Å²) in [4.78, 5) is 13.8. The highest BCUT2D eigenvalue weighted by Gasteiger charge is 2.36. The van der Waals surface area contributed by atoms with Gasteiger partial charge >= 0.3 is 12.2 Å².